The van der Waals surface area contributed by atoms with Gasteiger partial charge in [-0.1, -0.05) is 53.2 Å². The van der Waals surface area contributed by atoms with Crippen molar-refractivity contribution >= 4 is 21.8 Å². The first-order valence-corrected chi connectivity index (χ1v) is 7.58. The quantitative estimate of drug-likeness (QED) is 0.413. The highest BCUT2D eigenvalue weighted by Crippen LogP contribution is 2.31. The van der Waals surface area contributed by atoms with Crippen LogP contribution in [0.2, 0.25) is 0 Å². The Morgan fingerprint density at radius 3 is 2.38 bits per heavy atom. The van der Waals surface area contributed by atoms with E-state index >= 15 is 0 Å². The molecule has 4 aromatic rings. The van der Waals surface area contributed by atoms with E-state index in [1.54, 1.807) is 24.3 Å². The molecule has 0 aliphatic heterocycles. The molecule has 0 radical (unpaired) electrons. The lowest BCUT2D eigenvalue weighted by molar-refractivity contribution is -0.533. The normalized spacial score (nSPS) is 11.0. The van der Waals surface area contributed by atoms with Gasteiger partial charge in [0.2, 0.25) is 0 Å². The van der Waals surface area contributed by atoms with Crippen LogP contribution in [0.5, 0.6) is 5.75 Å². The van der Waals surface area contributed by atoms with Crippen LogP contribution in [0.1, 0.15) is 5.56 Å². The SMILES string of the molecule is O=[N+]([O-])n1c2ccccc2c2cc(OCc3ccccc3)ccc21. The number of hydrogen-bond donors (Lipinski definition) is 0. The number of nitrogens with zero attached hydrogens (tertiary/aromatic N) is 2. The second-order valence-electron chi connectivity index (χ2n) is 5.52. The average Bonchev–Trinajstić information content (AvgIpc) is 2.95. The summed E-state index contributed by atoms with van der Waals surface area (Å²) in [7, 11) is 0. The van der Waals surface area contributed by atoms with Crippen LogP contribution in [-0.2, 0) is 6.61 Å². The van der Waals surface area contributed by atoms with Gasteiger partial charge in [0.15, 0.2) is 5.03 Å². The summed E-state index contributed by atoms with van der Waals surface area (Å²) in [5.41, 5.74) is 2.22. The molecule has 118 valence electrons. The highest BCUT2D eigenvalue weighted by atomic mass is 16.7. The Morgan fingerprint density at radius 2 is 1.58 bits per heavy atom. The molecule has 1 heterocycles. The predicted octanol–water partition coefficient (Wildman–Crippen LogP) is 4.41. The van der Waals surface area contributed by atoms with Crippen molar-refractivity contribution in [2.24, 2.45) is 0 Å². The maximum absolute atomic E-state index is 11.4. The summed E-state index contributed by atoms with van der Waals surface area (Å²) in [5.74, 6) is 0.692. The third-order valence-corrected chi connectivity index (χ3v) is 4.03. The molecule has 5 heteroatoms. The Balaban J connectivity index is 1.78. The van der Waals surface area contributed by atoms with Gasteiger partial charge in [0.25, 0.3) is 0 Å². The van der Waals surface area contributed by atoms with Crippen molar-refractivity contribution in [3.8, 4) is 5.75 Å². The number of ether oxygens (including phenoxy) is 1. The molecule has 0 amide bonds. The smallest absolute Gasteiger partial charge is 0.170 e. The zero-order valence-electron chi connectivity index (χ0n) is 12.8. The monoisotopic (exact) mass is 318 g/mol. The summed E-state index contributed by atoms with van der Waals surface area (Å²) < 4.78 is 6.96. The Morgan fingerprint density at radius 1 is 0.875 bits per heavy atom. The first-order valence-electron chi connectivity index (χ1n) is 7.58. The van der Waals surface area contributed by atoms with E-state index in [-0.39, 0.29) is 0 Å². The van der Waals surface area contributed by atoms with E-state index in [0.29, 0.717) is 23.4 Å². The third-order valence-electron chi connectivity index (χ3n) is 4.03. The molecule has 4 rings (SSSR count). The van der Waals surface area contributed by atoms with E-state index in [4.69, 9.17) is 4.74 Å². The molecule has 24 heavy (non-hydrogen) atoms. The summed E-state index contributed by atoms with van der Waals surface area (Å²) in [6, 6.07) is 22.6. The largest absolute Gasteiger partial charge is 0.489 e. The minimum atomic E-state index is -0.394. The first kappa shape index (κ1) is 14.3. The fourth-order valence-electron chi connectivity index (χ4n) is 2.94. The number of aromatic nitrogens is 1. The number of nitro groups is 1. The van der Waals surface area contributed by atoms with Crippen molar-refractivity contribution in [3.63, 3.8) is 0 Å². The van der Waals surface area contributed by atoms with E-state index in [2.05, 4.69) is 0 Å². The Kier molecular flexibility index (Phi) is 3.39. The fraction of sp³-hybridized carbons (Fsp3) is 0.0526. The molecule has 0 aliphatic carbocycles. The van der Waals surface area contributed by atoms with E-state index in [1.165, 1.54) is 0 Å². The zero-order valence-corrected chi connectivity index (χ0v) is 12.8. The van der Waals surface area contributed by atoms with E-state index in [9.17, 15) is 10.1 Å². The van der Waals surface area contributed by atoms with Crippen LogP contribution in [0.25, 0.3) is 21.8 Å². The molecule has 0 aliphatic rings. The van der Waals surface area contributed by atoms with Gasteiger partial charge < -0.3 is 4.74 Å². The van der Waals surface area contributed by atoms with Gasteiger partial charge in [0.1, 0.15) is 23.4 Å². The van der Waals surface area contributed by atoms with E-state index in [0.717, 1.165) is 21.0 Å². The molecule has 3 aromatic carbocycles. The zero-order chi connectivity index (χ0) is 16.5. The van der Waals surface area contributed by atoms with Gasteiger partial charge in [-0.2, -0.15) is 0 Å². The molecule has 0 fully saturated rings. The molecule has 0 N–H and O–H groups in total. The molecule has 0 saturated carbocycles. The van der Waals surface area contributed by atoms with Crippen LogP contribution in [-0.4, -0.2) is 9.71 Å². The van der Waals surface area contributed by atoms with Gasteiger partial charge in [-0.25, -0.2) is 10.1 Å². The minimum Gasteiger partial charge on any atom is -0.489 e. The van der Waals surface area contributed by atoms with E-state index in [1.807, 2.05) is 48.5 Å². The van der Waals surface area contributed by atoms with Crippen molar-refractivity contribution in [2.45, 2.75) is 6.61 Å². The van der Waals surface area contributed by atoms with Crippen LogP contribution >= 0.6 is 0 Å². The molecule has 0 saturated heterocycles. The van der Waals surface area contributed by atoms with Crippen LogP contribution < -0.4 is 4.74 Å². The predicted molar refractivity (Wildman–Crippen MR) is 92.6 cm³/mol. The average molecular weight is 318 g/mol. The van der Waals surface area contributed by atoms with Gasteiger partial charge in [0.05, 0.1) is 0 Å². The lowest BCUT2D eigenvalue weighted by Crippen LogP contribution is -2.07. The second kappa shape index (κ2) is 5.70. The standard InChI is InChI=1S/C19H14N2O3/c22-21(23)20-18-9-5-4-8-16(18)17-12-15(10-11-19(17)20)24-13-14-6-2-1-3-7-14/h1-12H,13H2. The first-order chi connectivity index (χ1) is 11.7. The Labute approximate surface area is 137 Å². The molecule has 0 bridgehead atoms. The van der Waals surface area contributed by atoms with Gasteiger partial charge in [-0.3, -0.25) is 0 Å². The lowest BCUT2D eigenvalue weighted by Gasteiger charge is -2.06. The fourth-order valence-corrected chi connectivity index (χ4v) is 2.94. The minimum absolute atomic E-state index is 0.394. The van der Waals surface area contributed by atoms with Gasteiger partial charge in [-0.05, 0) is 29.8 Å². The van der Waals surface area contributed by atoms with Crippen molar-refractivity contribution in [2.75, 3.05) is 0 Å². The molecule has 1 aromatic heterocycles. The molecule has 0 unspecified atom stereocenters. The topological polar surface area (TPSA) is 57.3 Å². The summed E-state index contributed by atoms with van der Waals surface area (Å²) in [4.78, 5) is 11.4. The number of hydrogen-bond acceptors (Lipinski definition) is 3. The highest BCUT2D eigenvalue weighted by molar-refractivity contribution is 6.08. The molecule has 0 spiro atoms. The Bertz CT molecular complexity index is 1040. The number of benzene rings is 3. The van der Waals surface area contributed by atoms with Crippen molar-refractivity contribution in [3.05, 3.63) is 88.5 Å². The third kappa shape index (κ3) is 2.36. The highest BCUT2D eigenvalue weighted by Gasteiger charge is 2.17. The second-order valence-corrected chi connectivity index (χ2v) is 5.52. The van der Waals surface area contributed by atoms with Crippen LogP contribution in [0, 0.1) is 10.1 Å². The Hall–Kier alpha value is -3.34. The number of para-hydroxylation sites is 1. The maximum atomic E-state index is 11.4. The molecular formula is C19H14N2O3. The number of rotatable bonds is 4. The van der Waals surface area contributed by atoms with Crippen molar-refractivity contribution in [1.29, 1.82) is 0 Å². The van der Waals surface area contributed by atoms with E-state index < -0.39 is 5.03 Å². The van der Waals surface area contributed by atoms with Crippen molar-refractivity contribution in [1.82, 2.24) is 4.68 Å². The number of fused-ring (bicyclic) bond motifs is 3. The summed E-state index contributed by atoms with van der Waals surface area (Å²) in [5, 5.41) is 12.7. The van der Waals surface area contributed by atoms with Crippen molar-refractivity contribution < 1.29 is 9.77 Å². The summed E-state index contributed by atoms with van der Waals surface area (Å²) in [6.07, 6.45) is 0. The van der Waals surface area contributed by atoms with Gasteiger partial charge in [0, 0.05) is 10.8 Å². The molecule has 5 nitrogen and oxygen atoms in total. The van der Waals surface area contributed by atoms with Crippen LogP contribution in [0.15, 0.2) is 72.8 Å². The molecule has 0 atom stereocenters. The maximum Gasteiger partial charge on any atom is 0.170 e. The summed E-state index contributed by atoms with van der Waals surface area (Å²) >= 11 is 0. The van der Waals surface area contributed by atoms with Crippen LogP contribution in [0.3, 0.4) is 0 Å². The van der Waals surface area contributed by atoms with Gasteiger partial charge >= 0.3 is 0 Å². The van der Waals surface area contributed by atoms with Gasteiger partial charge in [-0.15, -0.1) is 0 Å². The van der Waals surface area contributed by atoms with Crippen LogP contribution in [0.4, 0.5) is 0 Å². The molecular weight excluding hydrogens is 304 g/mol. The lowest BCUT2D eigenvalue weighted by atomic mass is 10.1. The summed E-state index contributed by atoms with van der Waals surface area (Å²) in [6.45, 7) is 0.459.